The number of nitrogens with one attached hydrogen (secondary N) is 1. The number of anilines is 1. The second kappa shape index (κ2) is 8.00. The highest BCUT2D eigenvalue weighted by Gasteiger charge is 2.22. The van der Waals surface area contributed by atoms with E-state index < -0.39 is 4.92 Å². The zero-order valence-electron chi connectivity index (χ0n) is 15.0. The SMILES string of the molecule is COc1cc(/C=N\Nc2nc3ccccc3s2)cc([N+](=O)[O-])c1OC(C)C. The second-order valence-electron chi connectivity index (χ2n) is 5.85. The van der Waals surface area contributed by atoms with Crippen LogP contribution < -0.4 is 14.9 Å². The van der Waals surface area contributed by atoms with Crippen LogP contribution in [-0.2, 0) is 0 Å². The molecule has 0 radical (unpaired) electrons. The predicted octanol–water partition coefficient (Wildman–Crippen LogP) is 4.45. The number of nitro benzene ring substituents is 1. The zero-order chi connectivity index (χ0) is 19.4. The minimum Gasteiger partial charge on any atom is -0.493 e. The van der Waals surface area contributed by atoms with Gasteiger partial charge in [0.25, 0.3) is 0 Å². The summed E-state index contributed by atoms with van der Waals surface area (Å²) in [6, 6.07) is 10.8. The van der Waals surface area contributed by atoms with Crippen LogP contribution in [0.25, 0.3) is 10.2 Å². The molecule has 1 aromatic heterocycles. The lowest BCUT2D eigenvalue weighted by atomic mass is 10.2. The van der Waals surface area contributed by atoms with Crippen molar-refractivity contribution >= 4 is 38.6 Å². The number of nitro groups is 1. The molecule has 140 valence electrons. The van der Waals surface area contributed by atoms with Crippen molar-refractivity contribution in [3.8, 4) is 11.5 Å². The summed E-state index contributed by atoms with van der Waals surface area (Å²) in [6.45, 7) is 3.58. The number of nitrogens with zero attached hydrogens (tertiary/aromatic N) is 3. The Morgan fingerprint density at radius 2 is 2.11 bits per heavy atom. The molecule has 2 aromatic carbocycles. The molecule has 0 saturated carbocycles. The fourth-order valence-electron chi connectivity index (χ4n) is 2.41. The summed E-state index contributed by atoms with van der Waals surface area (Å²) in [5, 5.41) is 16.2. The molecule has 8 nitrogen and oxygen atoms in total. The first-order chi connectivity index (χ1) is 13.0. The Morgan fingerprint density at radius 1 is 1.33 bits per heavy atom. The van der Waals surface area contributed by atoms with Gasteiger partial charge >= 0.3 is 5.69 Å². The highest BCUT2D eigenvalue weighted by molar-refractivity contribution is 7.22. The topological polar surface area (TPSA) is 98.9 Å². The van der Waals surface area contributed by atoms with Crippen LogP contribution in [0.5, 0.6) is 11.5 Å². The number of ether oxygens (including phenoxy) is 2. The predicted molar refractivity (Wildman–Crippen MR) is 106 cm³/mol. The number of benzene rings is 2. The number of methoxy groups -OCH3 is 1. The average Bonchev–Trinajstić information content (AvgIpc) is 3.04. The third-order valence-electron chi connectivity index (χ3n) is 3.50. The van der Waals surface area contributed by atoms with E-state index in [4.69, 9.17) is 9.47 Å². The summed E-state index contributed by atoms with van der Waals surface area (Å²) in [6.07, 6.45) is 1.25. The number of thiazole rings is 1. The molecule has 0 aliphatic carbocycles. The molecule has 3 rings (SSSR count). The summed E-state index contributed by atoms with van der Waals surface area (Å²) in [4.78, 5) is 15.3. The average molecular weight is 386 g/mol. The Bertz CT molecular complexity index is 967. The third-order valence-corrected chi connectivity index (χ3v) is 4.44. The van der Waals surface area contributed by atoms with Crippen LogP contribution >= 0.6 is 11.3 Å². The van der Waals surface area contributed by atoms with Gasteiger partial charge in [0.1, 0.15) is 0 Å². The molecule has 0 fully saturated rings. The molecule has 0 aliphatic rings. The number of hydrogen-bond donors (Lipinski definition) is 1. The number of rotatable bonds is 7. The van der Waals surface area contributed by atoms with E-state index >= 15 is 0 Å². The highest BCUT2D eigenvalue weighted by Crippen LogP contribution is 2.38. The van der Waals surface area contributed by atoms with E-state index in [1.54, 1.807) is 19.9 Å². The van der Waals surface area contributed by atoms with Crippen LogP contribution in [-0.4, -0.2) is 29.3 Å². The minimum atomic E-state index is -0.501. The van der Waals surface area contributed by atoms with Crippen molar-refractivity contribution in [3.05, 3.63) is 52.1 Å². The van der Waals surface area contributed by atoms with Gasteiger partial charge in [-0.25, -0.2) is 4.98 Å². The zero-order valence-corrected chi connectivity index (χ0v) is 15.8. The maximum Gasteiger partial charge on any atom is 0.315 e. The van der Waals surface area contributed by atoms with Crippen LogP contribution in [0.15, 0.2) is 41.5 Å². The smallest absolute Gasteiger partial charge is 0.315 e. The number of para-hydroxylation sites is 1. The van der Waals surface area contributed by atoms with Crippen molar-refractivity contribution in [3.63, 3.8) is 0 Å². The van der Waals surface area contributed by atoms with Gasteiger partial charge in [0.05, 0.1) is 34.6 Å². The normalized spacial score (nSPS) is 11.3. The molecular weight excluding hydrogens is 368 g/mol. The van der Waals surface area contributed by atoms with Crippen molar-refractivity contribution in [2.24, 2.45) is 5.10 Å². The van der Waals surface area contributed by atoms with Crippen LogP contribution in [0, 0.1) is 10.1 Å². The van der Waals surface area contributed by atoms with Gasteiger partial charge in [0.2, 0.25) is 10.9 Å². The number of hydrazone groups is 1. The lowest BCUT2D eigenvalue weighted by molar-refractivity contribution is -0.386. The standard InChI is InChI=1S/C18H18N4O4S/c1-11(2)26-17-14(22(23)24)8-12(9-15(17)25-3)10-19-21-18-20-13-6-4-5-7-16(13)27-18/h4-11H,1-3H3,(H,20,21)/b19-10-. The van der Waals surface area contributed by atoms with E-state index in [2.05, 4.69) is 15.5 Å². The molecule has 9 heteroatoms. The quantitative estimate of drug-likeness (QED) is 0.366. The van der Waals surface area contributed by atoms with Gasteiger partial charge in [-0.2, -0.15) is 5.10 Å². The Morgan fingerprint density at radius 3 is 2.78 bits per heavy atom. The third kappa shape index (κ3) is 4.32. The van der Waals surface area contributed by atoms with Crippen LogP contribution in [0.3, 0.4) is 0 Å². The Labute approximate surface area is 159 Å². The van der Waals surface area contributed by atoms with Gasteiger partial charge in [0, 0.05) is 11.6 Å². The lowest BCUT2D eigenvalue weighted by Crippen LogP contribution is -2.09. The van der Waals surface area contributed by atoms with Crippen LogP contribution in [0.2, 0.25) is 0 Å². The Balaban J connectivity index is 1.86. The summed E-state index contributed by atoms with van der Waals surface area (Å²) >= 11 is 1.47. The van der Waals surface area contributed by atoms with E-state index in [0.29, 0.717) is 10.7 Å². The molecule has 1 heterocycles. The van der Waals surface area contributed by atoms with Crippen molar-refractivity contribution in [2.45, 2.75) is 20.0 Å². The summed E-state index contributed by atoms with van der Waals surface area (Å²) in [5.74, 6) is 0.383. The van der Waals surface area contributed by atoms with Crippen molar-refractivity contribution < 1.29 is 14.4 Å². The van der Waals surface area contributed by atoms with Crippen molar-refractivity contribution in [2.75, 3.05) is 12.5 Å². The fourth-order valence-corrected chi connectivity index (χ4v) is 3.22. The summed E-state index contributed by atoms with van der Waals surface area (Å²) in [7, 11) is 1.44. The van der Waals surface area contributed by atoms with E-state index in [1.807, 2.05) is 24.3 Å². The van der Waals surface area contributed by atoms with Gasteiger partial charge in [-0.1, -0.05) is 23.5 Å². The summed E-state index contributed by atoms with van der Waals surface area (Å²) < 4.78 is 11.9. The van der Waals surface area contributed by atoms with E-state index in [1.165, 1.54) is 30.7 Å². The number of aromatic nitrogens is 1. The van der Waals surface area contributed by atoms with Crippen LogP contribution in [0.1, 0.15) is 19.4 Å². The van der Waals surface area contributed by atoms with Crippen molar-refractivity contribution in [1.29, 1.82) is 0 Å². The molecule has 27 heavy (non-hydrogen) atoms. The summed E-state index contributed by atoms with van der Waals surface area (Å²) in [5.41, 5.74) is 4.06. The van der Waals surface area contributed by atoms with Gasteiger partial charge in [-0.15, -0.1) is 0 Å². The van der Waals surface area contributed by atoms with Gasteiger partial charge in [0.15, 0.2) is 5.75 Å². The monoisotopic (exact) mass is 386 g/mol. The Hall–Kier alpha value is -3.20. The van der Waals surface area contributed by atoms with Gasteiger partial charge < -0.3 is 9.47 Å². The first kappa shape index (κ1) is 18.6. The molecule has 0 amide bonds. The molecule has 0 aliphatic heterocycles. The van der Waals surface area contributed by atoms with Gasteiger partial charge in [-0.3, -0.25) is 15.5 Å². The van der Waals surface area contributed by atoms with Crippen molar-refractivity contribution in [1.82, 2.24) is 4.98 Å². The maximum atomic E-state index is 11.4. The van der Waals surface area contributed by atoms with Crippen LogP contribution in [0.4, 0.5) is 10.8 Å². The molecular formula is C18H18N4O4S. The number of hydrogen-bond acceptors (Lipinski definition) is 8. The fraction of sp³-hybridized carbons (Fsp3) is 0.222. The Kier molecular flexibility index (Phi) is 5.51. The number of fused-ring (bicyclic) bond motifs is 1. The van der Waals surface area contributed by atoms with E-state index in [0.717, 1.165) is 10.2 Å². The molecule has 3 aromatic rings. The molecule has 0 saturated heterocycles. The largest absolute Gasteiger partial charge is 0.493 e. The van der Waals surface area contributed by atoms with E-state index in [-0.39, 0.29) is 23.3 Å². The minimum absolute atomic E-state index is 0.105. The second-order valence-corrected chi connectivity index (χ2v) is 6.88. The first-order valence-corrected chi connectivity index (χ1v) is 8.97. The highest BCUT2D eigenvalue weighted by atomic mass is 32.1. The first-order valence-electron chi connectivity index (χ1n) is 8.15. The lowest BCUT2D eigenvalue weighted by Gasteiger charge is -2.14. The molecule has 0 bridgehead atoms. The molecule has 0 spiro atoms. The molecule has 1 N–H and O–H groups in total. The molecule has 0 atom stereocenters. The molecule has 0 unspecified atom stereocenters. The maximum absolute atomic E-state index is 11.4. The van der Waals surface area contributed by atoms with E-state index in [9.17, 15) is 10.1 Å². The van der Waals surface area contributed by atoms with Gasteiger partial charge in [-0.05, 0) is 32.0 Å².